The topological polar surface area (TPSA) is 100 Å². The van der Waals surface area contributed by atoms with Gasteiger partial charge in [0.1, 0.15) is 6.10 Å². The molecule has 3 aliphatic rings. The Balaban J connectivity index is 1.40. The second kappa shape index (κ2) is 10.6. The second-order valence-electron chi connectivity index (χ2n) is 8.74. The van der Waals surface area contributed by atoms with Gasteiger partial charge in [0.25, 0.3) is 0 Å². The highest BCUT2D eigenvalue weighted by Crippen LogP contribution is 2.30. The van der Waals surface area contributed by atoms with Crippen molar-refractivity contribution in [2.45, 2.75) is 68.9 Å². The number of benzene rings is 1. The number of hydrogen-bond donors (Lipinski definition) is 3. The number of urea groups is 1. The maximum Gasteiger partial charge on any atom is 0.322 e. The molecule has 8 nitrogen and oxygen atoms in total. The maximum absolute atomic E-state index is 13.1. The molecular weight excluding hydrogens is 457 g/mol. The van der Waals surface area contributed by atoms with Crippen LogP contribution in [0.4, 0.5) is 10.5 Å². The number of carbonyl (C=O) groups excluding carboxylic acids is 2. The first-order valence-electron chi connectivity index (χ1n) is 11.1. The average Bonchev–Trinajstić information content (AvgIpc) is 2.71. The van der Waals surface area contributed by atoms with Crippen molar-refractivity contribution < 1.29 is 24.2 Å². The SMILES string of the molecule is O=C(C[C@H]1CC[C@@H]2[C@H](COC[C@@H](O)CN2C(=O)Nc2ccc(Cl)c(Cl)c2)O1)NC1CCC1. The van der Waals surface area contributed by atoms with Crippen LogP contribution in [-0.4, -0.2) is 72.1 Å². The molecule has 3 amide bonds. The quantitative estimate of drug-likeness (QED) is 0.607. The monoisotopic (exact) mass is 485 g/mol. The molecule has 1 saturated carbocycles. The van der Waals surface area contributed by atoms with Crippen molar-refractivity contribution in [3.63, 3.8) is 0 Å². The van der Waals surface area contributed by atoms with Gasteiger partial charge in [0.2, 0.25) is 5.91 Å². The minimum atomic E-state index is -0.804. The van der Waals surface area contributed by atoms with Gasteiger partial charge in [-0.1, -0.05) is 23.2 Å². The fourth-order valence-electron chi connectivity index (χ4n) is 4.39. The molecule has 3 fully saturated rings. The summed E-state index contributed by atoms with van der Waals surface area (Å²) in [6.07, 6.45) is 3.45. The number of β-amino-alcohol motifs (C(OH)–C–C–N with tert-alkyl or cyclic N) is 1. The molecule has 4 atom stereocenters. The lowest BCUT2D eigenvalue weighted by Gasteiger charge is -2.44. The summed E-state index contributed by atoms with van der Waals surface area (Å²) in [5, 5.41) is 16.9. The van der Waals surface area contributed by atoms with E-state index < -0.39 is 6.10 Å². The van der Waals surface area contributed by atoms with Gasteiger partial charge in [0.15, 0.2) is 0 Å². The van der Waals surface area contributed by atoms with Crippen molar-refractivity contribution in [1.29, 1.82) is 0 Å². The average molecular weight is 486 g/mol. The zero-order valence-corrected chi connectivity index (χ0v) is 19.3. The van der Waals surface area contributed by atoms with E-state index in [0.29, 0.717) is 41.0 Å². The second-order valence-corrected chi connectivity index (χ2v) is 9.56. The number of nitrogens with one attached hydrogen (secondary N) is 2. The Bertz CT molecular complexity index is 838. The Morgan fingerprint density at radius 3 is 2.66 bits per heavy atom. The molecule has 2 saturated heterocycles. The van der Waals surface area contributed by atoms with Crippen LogP contribution in [0.2, 0.25) is 10.0 Å². The van der Waals surface area contributed by atoms with Gasteiger partial charge < -0.3 is 30.1 Å². The van der Waals surface area contributed by atoms with E-state index in [1.54, 1.807) is 23.1 Å². The molecule has 0 aromatic heterocycles. The van der Waals surface area contributed by atoms with Crippen molar-refractivity contribution in [1.82, 2.24) is 10.2 Å². The van der Waals surface area contributed by atoms with Crippen molar-refractivity contribution in [3.8, 4) is 0 Å². The van der Waals surface area contributed by atoms with Crippen LogP contribution in [0.15, 0.2) is 18.2 Å². The summed E-state index contributed by atoms with van der Waals surface area (Å²) >= 11 is 12.0. The number of carbonyl (C=O) groups is 2. The summed E-state index contributed by atoms with van der Waals surface area (Å²) in [5.74, 6) is 0.00884. The number of anilines is 1. The Kier molecular flexibility index (Phi) is 7.78. The van der Waals surface area contributed by atoms with E-state index in [9.17, 15) is 14.7 Å². The Morgan fingerprint density at radius 1 is 1.12 bits per heavy atom. The lowest BCUT2D eigenvalue weighted by Crippen LogP contribution is -2.58. The summed E-state index contributed by atoms with van der Waals surface area (Å²) in [7, 11) is 0. The summed E-state index contributed by atoms with van der Waals surface area (Å²) in [6.45, 7) is 0.472. The van der Waals surface area contributed by atoms with E-state index in [0.717, 1.165) is 19.3 Å². The lowest BCUT2D eigenvalue weighted by molar-refractivity contribution is -0.150. The first kappa shape index (κ1) is 23.6. The number of aliphatic hydroxyl groups is 1. The van der Waals surface area contributed by atoms with Gasteiger partial charge in [-0.25, -0.2) is 4.79 Å². The molecule has 3 N–H and O–H groups in total. The molecular formula is C22H29Cl2N3O5. The van der Waals surface area contributed by atoms with Crippen LogP contribution < -0.4 is 10.6 Å². The van der Waals surface area contributed by atoms with E-state index in [4.69, 9.17) is 32.7 Å². The summed E-state index contributed by atoms with van der Waals surface area (Å²) < 4.78 is 11.8. The zero-order chi connectivity index (χ0) is 22.7. The largest absolute Gasteiger partial charge is 0.389 e. The molecule has 32 heavy (non-hydrogen) atoms. The molecule has 0 bridgehead atoms. The number of nitrogens with zero attached hydrogens (tertiary/aromatic N) is 1. The van der Waals surface area contributed by atoms with Gasteiger partial charge in [-0.15, -0.1) is 0 Å². The van der Waals surface area contributed by atoms with Crippen molar-refractivity contribution in [2.24, 2.45) is 0 Å². The normalized spacial score (nSPS) is 28.7. The number of halogens is 2. The van der Waals surface area contributed by atoms with E-state index in [1.165, 1.54) is 0 Å². The Labute approximate surface area is 197 Å². The fraction of sp³-hybridized carbons (Fsp3) is 0.636. The van der Waals surface area contributed by atoms with Crippen LogP contribution in [-0.2, 0) is 14.3 Å². The molecule has 4 rings (SSSR count). The van der Waals surface area contributed by atoms with Gasteiger partial charge in [-0.2, -0.15) is 0 Å². The molecule has 1 aliphatic carbocycles. The maximum atomic E-state index is 13.1. The van der Waals surface area contributed by atoms with Gasteiger partial charge in [-0.3, -0.25) is 4.79 Å². The first-order chi connectivity index (χ1) is 15.4. The minimum Gasteiger partial charge on any atom is -0.389 e. The molecule has 1 aromatic carbocycles. The van der Waals surface area contributed by atoms with Crippen LogP contribution in [0.25, 0.3) is 0 Å². The highest BCUT2D eigenvalue weighted by Gasteiger charge is 2.40. The Hall–Kier alpha value is -1.58. The fourth-order valence-corrected chi connectivity index (χ4v) is 4.69. The zero-order valence-electron chi connectivity index (χ0n) is 17.8. The van der Waals surface area contributed by atoms with E-state index in [2.05, 4.69) is 10.6 Å². The van der Waals surface area contributed by atoms with Gasteiger partial charge in [0, 0.05) is 11.7 Å². The molecule has 0 unspecified atom stereocenters. The predicted octanol–water partition coefficient (Wildman–Crippen LogP) is 3.19. The van der Waals surface area contributed by atoms with Gasteiger partial charge in [0.05, 0.1) is 54.5 Å². The number of amides is 3. The minimum absolute atomic E-state index is 0.00884. The lowest BCUT2D eigenvalue weighted by atomic mass is 9.92. The van der Waals surface area contributed by atoms with Crippen molar-refractivity contribution in [2.75, 3.05) is 25.1 Å². The van der Waals surface area contributed by atoms with Gasteiger partial charge in [-0.05, 0) is 50.3 Å². The highest BCUT2D eigenvalue weighted by molar-refractivity contribution is 6.42. The summed E-state index contributed by atoms with van der Waals surface area (Å²) in [4.78, 5) is 27.0. The molecule has 176 valence electrons. The predicted molar refractivity (Wildman–Crippen MR) is 121 cm³/mol. The summed E-state index contributed by atoms with van der Waals surface area (Å²) in [5.41, 5.74) is 0.510. The third-order valence-corrected chi connectivity index (χ3v) is 7.04. The highest BCUT2D eigenvalue weighted by atomic mass is 35.5. The van der Waals surface area contributed by atoms with Crippen LogP contribution >= 0.6 is 23.2 Å². The molecule has 0 spiro atoms. The van der Waals surface area contributed by atoms with Gasteiger partial charge >= 0.3 is 6.03 Å². The van der Waals surface area contributed by atoms with Crippen molar-refractivity contribution >= 4 is 40.8 Å². The smallest absolute Gasteiger partial charge is 0.322 e. The Morgan fingerprint density at radius 2 is 1.94 bits per heavy atom. The number of ether oxygens (including phenoxy) is 2. The summed E-state index contributed by atoms with van der Waals surface area (Å²) in [6, 6.07) is 4.52. The number of hydrogen-bond acceptors (Lipinski definition) is 5. The van der Waals surface area contributed by atoms with Crippen LogP contribution in [0.3, 0.4) is 0 Å². The van der Waals surface area contributed by atoms with Crippen molar-refractivity contribution in [3.05, 3.63) is 28.2 Å². The third kappa shape index (κ3) is 5.85. The first-order valence-corrected chi connectivity index (χ1v) is 11.9. The molecule has 1 aromatic rings. The van der Waals surface area contributed by atoms with E-state index in [1.807, 2.05) is 0 Å². The standard InChI is InChI=1S/C22H29Cl2N3O5/c23-17-6-4-14(8-18(17)24)26-22(30)27-10-15(28)11-31-12-20-19(27)7-5-16(32-20)9-21(29)25-13-2-1-3-13/h4,6,8,13,15-16,19-20,28H,1-3,5,7,9-12H2,(H,25,29)(H,26,30)/t15-,16+,19+,20-/m0/s1. The molecule has 2 aliphatic heterocycles. The molecule has 2 heterocycles. The van der Waals surface area contributed by atoms with E-state index in [-0.39, 0.29) is 49.9 Å². The van der Waals surface area contributed by atoms with Crippen LogP contribution in [0.1, 0.15) is 38.5 Å². The van der Waals surface area contributed by atoms with E-state index >= 15 is 0 Å². The number of rotatable bonds is 4. The number of fused-ring (bicyclic) bond motifs is 1. The molecule has 10 heteroatoms. The van der Waals surface area contributed by atoms with Crippen LogP contribution in [0, 0.1) is 0 Å². The number of aliphatic hydroxyl groups excluding tert-OH is 1. The third-order valence-electron chi connectivity index (χ3n) is 6.30. The molecule has 0 radical (unpaired) electrons. The van der Waals surface area contributed by atoms with Crippen LogP contribution in [0.5, 0.6) is 0 Å².